The molecule has 1 aromatic heterocycles. The third kappa shape index (κ3) is 4.20. The molecule has 1 aliphatic rings. The average molecular weight is 415 g/mol. The van der Waals surface area contributed by atoms with E-state index >= 15 is 0 Å². The number of carbonyl (C=O) groups excluding carboxylic acids is 1. The molecule has 1 amide bonds. The van der Waals surface area contributed by atoms with Crippen LogP contribution in [0.3, 0.4) is 0 Å². The fraction of sp³-hybridized carbons (Fsp3) is 0.353. The molecule has 0 radical (unpaired) electrons. The third-order valence-corrected chi connectivity index (χ3v) is 7.69. The molecule has 1 fully saturated rings. The number of nitrogens with zero attached hydrogens (tertiary/aromatic N) is 2. The summed E-state index contributed by atoms with van der Waals surface area (Å²) in [5.41, 5.74) is 0. The van der Waals surface area contributed by atoms with Crippen LogP contribution in [0.1, 0.15) is 6.92 Å². The molecule has 2 aromatic rings. The molecule has 1 aliphatic heterocycles. The van der Waals surface area contributed by atoms with Crippen molar-refractivity contribution in [1.82, 2.24) is 9.21 Å². The number of halogens is 1. The normalized spacial score (nSPS) is 17.1. The monoisotopic (exact) mass is 414 g/mol. The molecule has 9 heteroatoms. The lowest BCUT2D eigenvalue weighted by Crippen LogP contribution is -2.53. The molecule has 1 saturated heterocycles. The van der Waals surface area contributed by atoms with Crippen LogP contribution in [0.2, 0.25) is 4.34 Å². The van der Waals surface area contributed by atoms with Gasteiger partial charge in [0.25, 0.3) is 15.9 Å². The molecule has 26 heavy (non-hydrogen) atoms. The van der Waals surface area contributed by atoms with E-state index in [9.17, 15) is 13.2 Å². The van der Waals surface area contributed by atoms with Gasteiger partial charge in [-0.25, -0.2) is 8.42 Å². The predicted octanol–water partition coefficient (Wildman–Crippen LogP) is 2.70. The van der Waals surface area contributed by atoms with Crippen molar-refractivity contribution in [3.63, 3.8) is 0 Å². The van der Waals surface area contributed by atoms with Gasteiger partial charge in [0.2, 0.25) is 0 Å². The van der Waals surface area contributed by atoms with Gasteiger partial charge >= 0.3 is 0 Å². The zero-order valence-corrected chi connectivity index (χ0v) is 16.6. The molecular weight excluding hydrogens is 396 g/mol. The highest BCUT2D eigenvalue weighted by Crippen LogP contribution is 2.28. The fourth-order valence-electron chi connectivity index (χ4n) is 2.72. The number of benzene rings is 1. The summed E-state index contributed by atoms with van der Waals surface area (Å²) in [5.74, 6) is 0.481. The molecule has 0 bridgehead atoms. The summed E-state index contributed by atoms with van der Waals surface area (Å²) in [5, 5.41) is 0. The second-order valence-corrected chi connectivity index (χ2v) is 9.74. The first-order valence-corrected chi connectivity index (χ1v) is 10.8. The number of hydrogen-bond donors (Lipinski definition) is 0. The highest BCUT2D eigenvalue weighted by Gasteiger charge is 2.32. The number of sulfonamides is 1. The minimum Gasteiger partial charge on any atom is -0.481 e. The number of thiophene rings is 1. The fourth-order valence-corrected chi connectivity index (χ4v) is 5.78. The maximum atomic E-state index is 12.6. The number of carbonyl (C=O) groups is 1. The van der Waals surface area contributed by atoms with Crippen LogP contribution in [-0.2, 0) is 14.8 Å². The van der Waals surface area contributed by atoms with Gasteiger partial charge in [-0.1, -0.05) is 29.8 Å². The van der Waals surface area contributed by atoms with Gasteiger partial charge in [-0.3, -0.25) is 4.79 Å². The summed E-state index contributed by atoms with van der Waals surface area (Å²) >= 11 is 6.88. The van der Waals surface area contributed by atoms with Crippen LogP contribution < -0.4 is 4.74 Å². The van der Waals surface area contributed by atoms with Gasteiger partial charge in [-0.05, 0) is 31.2 Å². The van der Waals surface area contributed by atoms with E-state index in [2.05, 4.69) is 0 Å². The molecule has 1 aromatic carbocycles. The first kappa shape index (κ1) is 19.2. The first-order valence-electron chi connectivity index (χ1n) is 8.14. The Kier molecular flexibility index (Phi) is 5.86. The Labute approximate surface area is 162 Å². The zero-order chi connectivity index (χ0) is 18.7. The quantitative estimate of drug-likeness (QED) is 0.754. The van der Waals surface area contributed by atoms with E-state index < -0.39 is 16.1 Å². The Hall–Kier alpha value is -1.61. The summed E-state index contributed by atoms with van der Waals surface area (Å²) in [4.78, 5) is 14.2. The maximum Gasteiger partial charge on any atom is 0.263 e. The topological polar surface area (TPSA) is 66.9 Å². The smallest absolute Gasteiger partial charge is 0.263 e. The first-order chi connectivity index (χ1) is 12.4. The Balaban J connectivity index is 1.58. The van der Waals surface area contributed by atoms with Gasteiger partial charge in [-0.2, -0.15) is 4.31 Å². The van der Waals surface area contributed by atoms with Crippen molar-refractivity contribution >= 4 is 38.9 Å². The summed E-state index contributed by atoms with van der Waals surface area (Å²) in [6, 6.07) is 12.2. The third-order valence-electron chi connectivity index (χ3n) is 4.10. The van der Waals surface area contributed by atoms with Gasteiger partial charge in [-0.15, -0.1) is 11.3 Å². The van der Waals surface area contributed by atoms with Crippen LogP contribution in [0.5, 0.6) is 5.75 Å². The van der Waals surface area contributed by atoms with Gasteiger partial charge in [0, 0.05) is 26.2 Å². The standard InChI is InChI=1S/C17H19ClN2O4S2/c1-13(24-14-5-3-2-4-6-14)17(21)19-9-11-20(12-10-19)26(22,23)16-8-7-15(18)25-16/h2-8,13H,9-12H2,1H3/t13-/m0/s1. The van der Waals surface area contributed by atoms with Gasteiger partial charge in [0.15, 0.2) is 6.10 Å². The Morgan fingerprint density at radius 1 is 1.12 bits per heavy atom. The lowest BCUT2D eigenvalue weighted by atomic mass is 10.3. The number of rotatable bonds is 5. The molecule has 0 saturated carbocycles. The van der Waals surface area contributed by atoms with E-state index in [4.69, 9.17) is 16.3 Å². The SMILES string of the molecule is C[C@H](Oc1ccccc1)C(=O)N1CCN(S(=O)(=O)c2ccc(Cl)s2)CC1. The minimum absolute atomic E-state index is 0.148. The van der Waals surface area contributed by atoms with Crippen molar-refractivity contribution in [2.45, 2.75) is 17.2 Å². The number of amides is 1. The number of ether oxygens (including phenoxy) is 1. The lowest BCUT2D eigenvalue weighted by Gasteiger charge is -2.34. The van der Waals surface area contributed by atoms with Crippen LogP contribution in [0.4, 0.5) is 0 Å². The van der Waals surface area contributed by atoms with Crippen LogP contribution in [0.15, 0.2) is 46.7 Å². The van der Waals surface area contributed by atoms with E-state index in [-0.39, 0.29) is 23.2 Å². The molecule has 0 N–H and O–H groups in total. The largest absolute Gasteiger partial charge is 0.481 e. The van der Waals surface area contributed by atoms with E-state index in [0.29, 0.717) is 23.2 Å². The highest BCUT2D eigenvalue weighted by molar-refractivity contribution is 7.91. The molecular formula is C17H19ClN2O4S2. The van der Waals surface area contributed by atoms with Crippen molar-refractivity contribution in [3.05, 3.63) is 46.8 Å². The second kappa shape index (κ2) is 7.96. The van der Waals surface area contributed by atoms with E-state index in [1.165, 1.54) is 10.4 Å². The second-order valence-electron chi connectivity index (χ2n) is 5.86. The van der Waals surface area contributed by atoms with E-state index in [0.717, 1.165) is 11.3 Å². The van der Waals surface area contributed by atoms with Crippen molar-refractivity contribution in [3.8, 4) is 5.75 Å². The Morgan fingerprint density at radius 3 is 2.35 bits per heavy atom. The molecule has 0 aliphatic carbocycles. The molecule has 140 valence electrons. The Bertz CT molecular complexity index is 862. The lowest BCUT2D eigenvalue weighted by molar-refractivity contribution is -0.139. The number of hydrogen-bond acceptors (Lipinski definition) is 5. The average Bonchev–Trinajstić information content (AvgIpc) is 3.09. The van der Waals surface area contributed by atoms with E-state index in [1.54, 1.807) is 30.0 Å². The summed E-state index contributed by atoms with van der Waals surface area (Å²) < 4.78 is 32.9. The number of piperazine rings is 1. The van der Waals surface area contributed by atoms with Gasteiger partial charge in [0.1, 0.15) is 9.96 Å². The van der Waals surface area contributed by atoms with Crippen LogP contribution in [0.25, 0.3) is 0 Å². The molecule has 0 unspecified atom stereocenters. The summed E-state index contributed by atoms with van der Waals surface area (Å²) in [6.45, 7) is 2.87. The van der Waals surface area contributed by atoms with Crippen molar-refractivity contribution < 1.29 is 17.9 Å². The predicted molar refractivity (Wildman–Crippen MR) is 101 cm³/mol. The number of para-hydroxylation sites is 1. The molecule has 1 atom stereocenters. The van der Waals surface area contributed by atoms with Crippen LogP contribution in [0, 0.1) is 0 Å². The highest BCUT2D eigenvalue weighted by atomic mass is 35.5. The summed E-state index contributed by atoms with van der Waals surface area (Å²) in [7, 11) is -3.56. The summed E-state index contributed by atoms with van der Waals surface area (Å²) in [6.07, 6.45) is -0.628. The van der Waals surface area contributed by atoms with Crippen molar-refractivity contribution in [1.29, 1.82) is 0 Å². The van der Waals surface area contributed by atoms with Crippen LogP contribution in [-0.4, -0.2) is 55.8 Å². The van der Waals surface area contributed by atoms with Crippen molar-refractivity contribution in [2.24, 2.45) is 0 Å². The molecule has 6 nitrogen and oxygen atoms in total. The zero-order valence-electron chi connectivity index (χ0n) is 14.2. The van der Waals surface area contributed by atoms with Crippen molar-refractivity contribution in [2.75, 3.05) is 26.2 Å². The minimum atomic E-state index is -3.56. The maximum absolute atomic E-state index is 12.6. The molecule has 2 heterocycles. The van der Waals surface area contributed by atoms with E-state index in [1.807, 2.05) is 18.2 Å². The molecule has 0 spiro atoms. The van der Waals surface area contributed by atoms with Gasteiger partial charge < -0.3 is 9.64 Å². The van der Waals surface area contributed by atoms with Gasteiger partial charge in [0.05, 0.1) is 4.34 Å². The van der Waals surface area contributed by atoms with Crippen LogP contribution >= 0.6 is 22.9 Å². The molecule has 3 rings (SSSR count). The Morgan fingerprint density at radius 2 is 1.77 bits per heavy atom.